The van der Waals surface area contributed by atoms with Gasteiger partial charge in [-0.1, -0.05) is 6.42 Å². The summed E-state index contributed by atoms with van der Waals surface area (Å²) in [4.78, 5) is 9.30. The highest BCUT2D eigenvalue weighted by molar-refractivity contribution is 8.07. The maximum absolute atomic E-state index is 9.30. The van der Waals surface area contributed by atoms with Crippen molar-refractivity contribution in [3.8, 4) is 0 Å². The second-order valence-electron chi connectivity index (χ2n) is 3.10. The van der Waals surface area contributed by atoms with Gasteiger partial charge in [0.15, 0.2) is 0 Å². The van der Waals surface area contributed by atoms with Gasteiger partial charge in [-0.15, -0.1) is 0 Å². The van der Waals surface area contributed by atoms with E-state index in [0.717, 1.165) is 12.8 Å². The minimum atomic E-state index is -2.82. The lowest BCUT2D eigenvalue weighted by molar-refractivity contribution is 0.0412. The summed E-state index contributed by atoms with van der Waals surface area (Å²) in [7, 11) is 0. The zero-order chi connectivity index (χ0) is 7.90. The fourth-order valence-electron chi connectivity index (χ4n) is 1.72. The Morgan fingerprint density at radius 3 is 3.09 bits per heavy atom. The summed E-state index contributed by atoms with van der Waals surface area (Å²) in [5, 5.41) is 0. The molecule has 2 rings (SSSR count). The molecule has 0 aromatic rings. The van der Waals surface area contributed by atoms with Gasteiger partial charge in [-0.3, -0.25) is 0 Å². The van der Waals surface area contributed by atoms with E-state index in [0.29, 0.717) is 12.5 Å². The van der Waals surface area contributed by atoms with Gasteiger partial charge in [0.2, 0.25) is 0 Å². The van der Waals surface area contributed by atoms with Gasteiger partial charge in [0.1, 0.15) is 0 Å². The second kappa shape index (κ2) is 2.79. The number of hydrogen-bond donors (Lipinski definition) is 1. The highest BCUT2D eigenvalue weighted by Crippen LogP contribution is 2.53. The molecule has 0 radical (unpaired) electrons. The van der Waals surface area contributed by atoms with Gasteiger partial charge in [0.25, 0.3) is 0 Å². The Morgan fingerprint density at radius 2 is 2.27 bits per heavy atom. The predicted octanol–water partition coefficient (Wildman–Crippen LogP) is 1.42. The fraction of sp³-hybridized carbons (Fsp3) is 1.00. The molecule has 0 aromatic heterocycles. The Hall–Kier alpha value is 0.530. The third-order valence-electron chi connectivity index (χ3n) is 2.31. The van der Waals surface area contributed by atoms with Crippen molar-refractivity contribution in [3.63, 3.8) is 0 Å². The predicted molar refractivity (Wildman–Crippen MR) is 44.7 cm³/mol. The normalized spacial score (nSPS) is 50.6. The number of hydrogen-bond acceptors (Lipinski definition) is 3. The summed E-state index contributed by atoms with van der Waals surface area (Å²) >= 11 is 4.74. The van der Waals surface area contributed by atoms with Crippen LogP contribution in [0, 0.1) is 5.92 Å². The Kier molecular flexibility index (Phi) is 2.06. The molecular formula is C6H11O3PS. The lowest BCUT2D eigenvalue weighted by Crippen LogP contribution is -2.26. The quantitative estimate of drug-likeness (QED) is 0.592. The summed E-state index contributed by atoms with van der Waals surface area (Å²) < 4.78 is 10.3. The highest BCUT2D eigenvalue weighted by atomic mass is 32.5. The molecule has 0 spiro atoms. The third kappa shape index (κ3) is 1.65. The molecule has 3 nitrogen and oxygen atoms in total. The highest BCUT2D eigenvalue weighted by Gasteiger charge is 2.38. The van der Waals surface area contributed by atoms with Gasteiger partial charge in [-0.2, -0.15) is 0 Å². The van der Waals surface area contributed by atoms with Crippen LogP contribution in [0.1, 0.15) is 19.3 Å². The van der Waals surface area contributed by atoms with Crippen molar-refractivity contribution in [2.24, 2.45) is 5.92 Å². The maximum Gasteiger partial charge on any atom is 0.324 e. The molecule has 2 fully saturated rings. The van der Waals surface area contributed by atoms with Crippen molar-refractivity contribution in [2.75, 3.05) is 6.61 Å². The maximum atomic E-state index is 9.30. The molecule has 1 unspecified atom stereocenters. The molecule has 0 bridgehead atoms. The van der Waals surface area contributed by atoms with Gasteiger partial charge in [-0.25, -0.2) is 0 Å². The van der Waals surface area contributed by atoms with Crippen molar-refractivity contribution >= 4 is 18.5 Å². The van der Waals surface area contributed by atoms with Crippen LogP contribution in [0.2, 0.25) is 0 Å². The molecular weight excluding hydrogens is 183 g/mol. The van der Waals surface area contributed by atoms with Crippen LogP contribution < -0.4 is 0 Å². The molecule has 1 heterocycles. The van der Waals surface area contributed by atoms with Crippen molar-refractivity contribution < 1.29 is 13.9 Å². The van der Waals surface area contributed by atoms with Gasteiger partial charge in [0.05, 0.1) is 12.7 Å². The summed E-state index contributed by atoms with van der Waals surface area (Å²) in [6, 6.07) is 0. The van der Waals surface area contributed by atoms with Crippen LogP contribution in [0.3, 0.4) is 0 Å². The lowest BCUT2D eigenvalue weighted by atomic mass is 10.1. The van der Waals surface area contributed by atoms with Crippen LogP contribution >= 0.6 is 6.72 Å². The average Bonchev–Trinajstić information content (AvgIpc) is 2.31. The SMILES string of the molecule is OP1(=S)OC[C@H]2CCC[C@H]2O1. The topological polar surface area (TPSA) is 38.7 Å². The monoisotopic (exact) mass is 194 g/mol. The fourth-order valence-corrected chi connectivity index (χ4v) is 3.30. The molecule has 3 atom stereocenters. The molecule has 0 amide bonds. The summed E-state index contributed by atoms with van der Waals surface area (Å²) in [5.41, 5.74) is 0. The molecule has 1 saturated carbocycles. The number of rotatable bonds is 0. The Balaban J connectivity index is 2.08. The molecule has 1 aliphatic heterocycles. The van der Waals surface area contributed by atoms with E-state index in [2.05, 4.69) is 0 Å². The molecule has 1 aliphatic carbocycles. The molecule has 1 saturated heterocycles. The Morgan fingerprint density at radius 1 is 1.45 bits per heavy atom. The van der Waals surface area contributed by atoms with E-state index < -0.39 is 6.72 Å². The summed E-state index contributed by atoms with van der Waals surface area (Å²) in [6.45, 7) is -2.23. The van der Waals surface area contributed by atoms with E-state index in [1.54, 1.807) is 0 Å². The molecule has 5 heteroatoms. The van der Waals surface area contributed by atoms with Crippen molar-refractivity contribution in [3.05, 3.63) is 0 Å². The van der Waals surface area contributed by atoms with E-state index in [4.69, 9.17) is 20.9 Å². The van der Waals surface area contributed by atoms with Crippen LogP contribution in [-0.2, 0) is 20.9 Å². The average molecular weight is 194 g/mol. The molecule has 64 valence electrons. The molecule has 0 aromatic carbocycles. The van der Waals surface area contributed by atoms with Gasteiger partial charge in [0, 0.05) is 5.92 Å². The van der Waals surface area contributed by atoms with Gasteiger partial charge in [-0.05, 0) is 24.6 Å². The minimum absolute atomic E-state index is 0.180. The smallest absolute Gasteiger partial charge is 0.324 e. The van der Waals surface area contributed by atoms with E-state index in [1.165, 1.54) is 6.42 Å². The largest absolute Gasteiger partial charge is 0.324 e. The van der Waals surface area contributed by atoms with E-state index in [9.17, 15) is 4.89 Å². The first-order chi connectivity index (χ1) is 5.17. The van der Waals surface area contributed by atoms with E-state index in [1.807, 2.05) is 0 Å². The van der Waals surface area contributed by atoms with Crippen molar-refractivity contribution in [1.82, 2.24) is 0 Å². The standard InChI is InChI=1S/C6H11O3PS/c7-10(11)8-4-5-2-1-3-6(5)9-10/h5-6H,1-4H2,(H,7,11)/t5-,6-,10?/m1/s1. The molecule has 2 aliphatic rings. The Bertz CT molecular complexity index is 208. The summed E-state index contributed by atoms with van der Waals surface area (Å²) in [6.07, 6.45) is 3.54. The lowest BCUT2D eigenvalue weighted by Gasteiger charge is -2.30. The molecule has 1 N–H and O–H groups in total. The van der Waals surface area contributed by atoms with Crippen LogP contribution in [-0.4, -0.2) is 17.6 Å². The Labute approximate surface area is 71.0 Å². The number of fused-ring (bicyclic) bond motifs is 1. The first-order valence-corrected chi connectivity index (χ1v) is 6.42. The van der Waals surface area contributed by atoms with Crippen molar-refractivity contribution in [2.45, 2.75) is 25.4 Å². The van der Waals surface area contributed by atoms with Crippen LogP contribution in [0.15, 0.2) is 0 Å². The van der Waals surface area contributed by atoms with Crippen molar-refractivity contribution in [1.29, 1.82) is 0 Å². The minimum Gasteiger partial charge on any atom is -0.324 e. The zero-order valence-electron chi connectivity index (χ0n) is 6.10. The van der Waals surface area contributed by atoms with E-state index >= 15 is 0 Å². The van der Waals surface area contributed by atoms with Crippen LogP contribution in [0.4, 0.5) is 0 Å². The third-order valence-corrected chi connectivity index (χ3v) is 3.90. The zero-order valence-corrected chi connectivity index (χ0v) is 7.81. The van der Waals surface area contributed by atoms with Gasteiger partial charge >= 0.3 is 6.72 Å². The van der Waals surface area contributed by atoms with E-state index in [-0.39, 0.29) is 6.10 Å². The van der Waals surface area contributed by atoms with Gasteiger partial charge < -0.3 is 13.9 Å². The molecule has 11 heavy (non-hydrogen) atoms. The second-order valence-corrected chi connectivity index (χ2v) is 5.89. The van der Waals surface area contributed by atoms with Crippen LogP contribution in [0.5, 0.6) is 0 Å². The first kappa shape index (κ1) is 8.14. The summed E-state index contributed by atoms with van der Waals surface area (Å²) in [5.74, 6) is 0.484. The first-order valence-electron chi connectivity index (χ1n) is 3.83. The van der Waals surface area contributed by atoms with Crippen LogP contribution in [0.25, 0.3) is 0 Å².